The fourth-order valence-electron chi connectivity index (χ4n) is 2.10. The van der Waals surface area contributed by atoms with Crippen molar-refractivity contribution in [2.45, 2.75) is 29.4 Å². The quantitative estimate of drug-likeness (QED) is 0.914. The summed E-state index contributed by atoms with van der Waals surface area (Å²) in [5.41, 5.74) is -0.0664. The molecule has 2 aromatic rings. The second-order valence-electron chi connectivity index (χ2n) is 5.14. The van der Waals surface area contributed by atoms with E-state index in [2.05, 4.69) is 5.32 Å². The van der Waals surface area contributed by atoms with Crippen LogP contribution in [0.15, 0.2) is 58.3 Å². The number of benzene rings is 2. The highest BCUT2D eigenvalue weighted by atomic mass is 32.2. The summed E-state index contributed by atoms with van der Waals surface area (Å²) in [7, 11) is 0. The molecule has 2 aromatic carbocycles. The van der Waals surface area contributed by atoms with Gasteiger partial charge in [0.05, 0.1) is 5.56 Å². The van der Waals surface area contributed by atoms with E-state index in [1.807, 2.05) is 62.4 Å². The number of carbonyl (C=O) groups is 1. The van der Waals surface area contributed by atoms with Crippen LogP contribution >= 0.6 is 11.8 Å². The van der Waals surface area contributed by atoms with Crippen LogP contribution in [-0.4, -0.2) is 11.6 Å². The van der Waals surface area contributed by atoms with Gasteiger partial charge >= 0.3 is 0 Å². The highest BCUT2D eigenvalue weighted by molar-refractivity contribution is 7.99. The standard InChI is InChI=1S/C16H15NO2S/c1-16(2)17-15(18)13-10-12(8-9-14(13)19-16)20-11-6-4-3-5-7-11/h3-10H,1-2H3,(H,17,18). The molecule has 1 amide bonds. The van der Waals surface area contributed by atoms with Crippen molar-refractivity contribution in [1.29, 1.82) is 0 Å². The minimum atomic E-state index is -0.655. The Morgan fingerprint density at radius 3 is 2.55 bits per heavy atom. The molecule has 1 N–H and O–H groups in total. The van der Waals surface area contributed by atoms with Gasteiger partial charge in [-0.05, 0) is 44.2 Å². The number of carbonyl (C=O) groups excluding carboxylic acids is 1. The van der Waals surface area contributed by atoms with E-state index < -0.39 is 5.72 Å². The first-order valence-corrected chi connectivity index (χ1v) is 7.24. The molecule has 3 rings (SSSR count). The molecule has 0 aromatic heterocycles. The van der Waals surface area contributed by atoms with E-state index in [1.165, 1.54) is 0 Å². The molecular weight excluding hydrogens is 270 g/mol. The molecule has 0 atom stereocenters. The molecule has 4 heteroatoms. The summed E-state index contributed by atoms with van der Waals surface area (Å²) in [6, 6.07) is 15.8. The first kappa shape index (κ1) is 13.1. The van der Waals surface area contributed by atoms with Gasteiger partial charge in [0.15, 0.2) is 5.72 Å². The van der Waals surface area contributed by atoms with Crippen molar-refractivity contribution in [3.8, 4) is 5.75 Å². The van der Waals surface area contributed by atoms with Crippen LogP contribution in [0.1, 0.15) is 24.2 Å². The largest absolute Gasteiger partial charge is 0.468 e. The van der Waals surface area contributed by atoms with E-state index in [-0.39, 0.29) is 5.91 Å². The number of ether oxygens (including phenoxy) is 1. The predicted molar refractivity (Wildman–Crippen MR) is 79.2 cm³/mol. The van der Waals surface area contributed by atoms with Crippen LogP contribution in [0.4, 0.5) is 0 Å². The van der Waals surface area contributed by atoms with Gasteiger partial charge in [-0.1, -0.05) is 30.0 Å². The average Bonchev–Trinajstić information content (AvgIpc) is 2.40. The Morgan fingerprint density at radius 2 is 1.80 bits per heavy atom. The average molecular weight is 285 g/mol. The van der Waals surface area contributed by atoms with Crippen molar-refractivity contribution < 1.29 is 9.53 Å². The van der Waals surface area contributed by atoms with Crippen LogP contribution in [0, 0.1) is 0 Å². The van der Waals surface area contributed by atoms with E-state index in [4.69, 9.17) is 4.74 Å². The Labute approximate surface area is 122 Å². The molecule has 1 aliphatic rings. The van der Waals surface area contributed by atoms with Crippen molar-refractivity contribution in [2.24, 2.45) is 0 Å². The van der Waals surface area contributed by atoms with Gasteiger partial charge in [-0.3, -0.25) is 4.79 Å². The van der Waals surface area contributed by atoms with Crippen LogP contribution in [0.5, 0.6) is 5.75 Å². The summed E-state index contributed by atoms with van der Waals surface area (Å²) < 4.78 is 5.75. The van der Waals surface area contributed by atoms with E-state index in [0.29, 0.717) is 11.3 Å². The zero-order valence-corrected chi connectivity index (χ0v) is 12.2. The number of nitrogens with one attached hydrogen (secondary N) is 1. The molecule has 0 spiro atoms. The van der Waals surface area contributed by atoms with Crippen LogP contribution in [-0.2, 0) is 0 Å². The first-order valence-electron chi connectivity index (χ1n) is 6.42. The lowest BCUT2D eigenvalue weighted by Gasteiger charge is -2.33. The smallest absolute Gasteiger partial charge is 0.258 e. The summed E-state index contributed by atoms with van der Waals surface area (Å²) in [5, 5.41) is 2.83. The number of hydrogen-bond acceptors (Lipinski definition) is 3. The number of fused-ring (bicyclic) bond motifs is 1. The molecule has 0 saturated carbocycles. The molecule has 0 unspecified atom stereocenters. The Hall–Kier alpha value is -1.94. The lowest BCUT2D eigenvalue weighted by molar-refractivity contribution is 0.0432. The number of amides is 1. The lowest BCUT2D eigenvalue weighted by Crippen LogP contribution is -2.51. The lowest BCUT2D eigenvalue weighted by atomic mass is 10.1. The Bertz CT molecular complexity index is 653. The molecule has 0 fully saturated rings. The van der Waals surface area contributed by atoms with Crippen LogP contribution in [0.25, 0.3) is 0 Å². The highest BCUT2D eigenvalue weighted by Gasteiger charge is 2.31. The van der Waals surface area contributed by atoms with Gasteiger partial charge in [0.1, 0.15) is 5.75 Å². The molecular formula is C16H15NO2S. The van der Waals surface area contributed by atoms with Gasteiger partial charge in [0.25, 0.3) is 5.91 Å². The first-order chi connectivity index (χ1) is 9.53. The van der Waals surface area contributed by atoms with E-state index >= 15 is 0 Å². The predicted octanol–water partition coefficient (Wildman–Crippen LogP) is 3.70. The number of rotatable bonds is 2. The van der Waals surface area contributed by atoms with Crippen LogP contribution < -0.4 is 10.1 Å². The Kier molecular flexibility index (Phi) is 3.18. The molecule has 0 radical (unpaired) electrons. The third-order valence-electron chi connectivity index (χ3n) is 2.95. The summed E-state index contributed by atoms with van der Waals surface area (Å²) in [6.07, 6.45) is 0. The highest BCUT2D eigenvalue weighted by Crippen LogP contribution is 2.34. The molecule has 20 heavy (non-hydrogen) atoms. The zero-order chi connectivity index (χ0) is 14.2. The SMILES string of the molecule is CC1(C)NC(=O)c2cc(Sc3ccccc3)ccc2O1. The third-order valence-corrected chi connectivity index (χ3v) is 3.95. The van der Waals surface area contributed by atoms with Crippen LogP contribution in [0.2, 0.25) is 0 Å². The minimum Gasteiger partial charge on any atom is -0.468 e. The second kappa shape index (κ2) is 4.87. The maximum absolute atomic E-state index is 12.1. The van der Waals surface area contributed by atoms with Gasteiger partial charge in [0, 0.05) is 9.79 Å². The molecule has 0 aliphatic carbocycles. The van der Waals surface area contributed by atoms with Crippen molar-refractivity contribution in [3.63, 3.8) is 0 Å². The van der Waals surface area contributed by atoms with Gasteiger partial charge in [-0.2, -0.15) is 0 Å². The normalized spacial score (nSPS) is 16.0. The Morgan fingerprint density at radius 1 is 1.05 bits per heavy atom. The van der Waals surface area contributed by atoms with E-state index in [9.17, 15) is 4.79 Å². The van der Waals surface area contributed by atoms with Gasteiger partial charge < -0.3 is 10.1 Å². The van der Waals surface area contributed by atoms with E-state index in [0.717, 1.165) is 9.79 Å². The van der Waals surface area contributed by atoms with Crippen molar-refractivity contribution in [2.75, 3.05) is 0 Å². The summed E-state index contributed by atoms with van der Waals surface area (Å²) in [5.74, 6) is 0.544. The zero-order valence-electron chi connectivity index (χ0n) is 11.3. The molecule has 3 nitrogen and oxygen atoms in total. The van der Waals surface area contributed by atoms with E-state index in [1.54, 1.807) is 11.8 Å². The van der Waals surface area contributed by atoms with Crippen LogP contribution in [0.3, 0.4) is 0 Å². The Balaban J connectivity index is 1.90. The fraction of sp³-hybridized carbons (Fsp3) is 0.188. The number of hydrogen-bond donors (Lipinski definition) is 1. The van der Waals surface area contributed by atoms with Gasteiger partial charge in [-0.25, -0.2) is 0 Å². The summed E-state index contributed by atoms with van der Waals surface area (Å²) in [4.78, 5) is 14.3. The summed E-state index contributed by atoms with van der Waals surface area (Å²) >= 11 is 1.63. The molecule has 1 heterocycles. The third kappa shape index (κ3) is 2.65. The fourth-order valence-corrected chi connectivity index (χ4v) is 2.98. The van der Waals surface area contributed by atoms with Crippen molar-refractivity contribution >= 4 is 17.7 Å². The van der Waals surface area contributed by atoms with Crippen molar-refractivity contribution in [3.05, 3.63) is 54.1 Å². The summed E-state index contributed by atoms with van der Waals surface area (Å²) in [6.45, 7) is 3.67. The van der Waals surface area contributed by atoms with Crippen molar-refractivity contribution in [1.82, 2.24) is 5.32 Å². The molecule has 0 bridgehead atoms. The minimum absolute atomic E-state index is 0.0910. The van der Waals surface area contributed by atoms with Gasteiger partial charge in [-0.15, -0.1) is 0 Å². The molecule has 0 saturated heterocycles. The maximum Gasteiger partial charge on any atom is 0.258 e. The van der Waals surface area contributed by atoms with Gasteiger partial charge in [0.2, 0.25) is 0 Å². The topological polar surface area (TPSA) is 38.3 Å². The molecule has 102 valence electrons. The monoisotopic (exact) mass is 285 g/mol. The second-order valence-corrected chi connectivity index (χ2v) is 6.29. The maximum atomic E-state index is 12.1. The molecule has 1 aliphatic heterocycles.